The molecular formula is C67H104O5. The van der Waals surface area contributed by atoms with Crippen molar-refractivity contribution >= 4 is 11.9 Å². The molecule has 0 aromatic heterocycles. The van der Waals surface area contributed by atoms with Gasteiger partial charge in [0.1, 0.15) is 6.61 Å². The topological polar surface area (TPSA) is 61.8 Å². The summed E-state index contributed by atoms with van der Waals surface area (Å²) in [4.78, 5) is 25.5. The molecule has 0 fully saturated rings. The predicted octanol–water partition coefficient (Wildman–Crippen LogP) is 20.0. The van der Waals surface area contributed by atoms with Crippen molar-refractivity contribution in [1.29, 1.82) is 0 Å². The highest BCUT2D eigenvalue weighted by Gasteiger charge is 2.17. The van der Waals surface area contributed by atoms with Crippen molar-refractivity contribution in [3.63, 3.8) is 0 Å². The van der Waals surface area contributed by atoms with Crippen molar-refractivity contribution in [2.24, 2.45) is 0 Å². The lowest BCUT2D eigenvalue weighted by Gasteiger charge is -2.18. The molecule has 0 amide bonds. The van der Waals surface area contributed by atoms with Gasteiger partial charge in [0.05, 0.1) is 6.61 Å². The van der Waals surface area contributed by atoms with Crippen molar-refractivity contribution < 1.29 is 23.8 Å². The average molecular weight is 990 g/mol. The molecule has 0 radical (unpaired) electrons. The van der Waals surface area contributed by atoms with Gasteiger partial charge in [-0.2, -0.15) is 0 Å². The molecule has 0 bridgehead atoms. The third kappa shape index (κ3) is 57.8. The van der Waals surface area contributed by atoms with E-state index >= 15 is 0 Å². The van der Waals surface area contributed by atoms with Gasteiger partial charge in [0.2, 0.25) is 0 Å². The Morgan fingerprint density at radius 2 is 0.583 bits per heavy atom. The number of carbonyl (C=O) groups is 2. The molecule has 0 heterocycles. The lowest BCUT2D eigenvalue weighted by Crippen LogP contribution is -2.30. The van der Waals surface area contributed by atoms with Crippen LogP contribution in [0, 0.1) is 0 Å². The Hall–Kier alpha value is -4.74. The first kappa shape index (κ1) is 67.3. The van der Waals surface area contributed by atoms with Crippen LogP contribution in [0.5, 0.6) is 0 Å². The summed E-state index contributed by atoms with van der Waals surface area (Å²) in [6, 6.07) is 0. The van der Waals surface area contributed by atoms with Crippen LogP contribution in [0.3, 0.4) is 0 Å². The second kappa shape index (κ2) is 60.6. The van der Waals surface area contributed by atoms with Crippen LogP contribution in [0.1, 0.15) is 213 Å². The van der Waals surface area contributed by atoms with E-state index in [2.05, 4.69) is 191 Å². The van der Waals surface area contributed by atoms with Crippen LogP contribution < -0.4 is 0 Å². The summed E-state index contributed by atoms with van der Waals surface area (Å²) in [7, 11) is 0. The Labute approximate surface area is 443 Å². The minimum absolute atomic E-state index is 0.0281. The van der Waals surface area contributed by atoms with Gasteiger partial charge in [-0.3, -0.25) is 9.59 Å². The van der Waals surface area contributed by atoms with Gasteiger partial charge in [-0.05, 0) is 141 Å². The smallest absolute Gasteiger partial charge is 0.306 e. The number of hydrogen-bond donors (Lipinski definition) is 0. The van der Waals surface area contributed by atoms with E-state index in [1.807, 2.05) is 0 Å². The third-order valence-corrected chi connectivity index (χ3v) is 11.2. The molecule has 5 nitrogen and oxygen atoms in total. The van der Waals surface area contributed by atoms with Crippen LogP contribution >= 0.6 is 0 Å². The summed E-state index contributed by atoms with van der Waals surface area (Å²) in [6.07, 6.45) is 91.0. The Kier molecular flexibility index (Phi) is 56.6. The Bertz CT molecular complexity index is 1640. The maximum absolute atomic E-state index is 12.9. The molecule has 0 saturated heterocycles. The number of rotatable bonds is 50. The number of carbonyl (C=O) groups excluding carboxylic acids is 2. The summed E-state index contributed by atoms with van der Waals surface area (Å²) in [5.41, 5.74) is 0. The minimum Gasteiger partial charge on any atom is -0.462 e. The first-order chi connectivity index (χ1) is 35.6. The highest BCUT2D eigenvalue weighted by Crippen LogP contribution is 2.12. The number of allylic oxidation sites excluding steroid dienone is 28. The molecule has 72 heavy (non-hydrogen) atoms. The number of hydrogen-bond acceptors (Lipinski definition) is 5. The quantitative estimate of drug-likeness (QED) is 0.0345. The van der Waals surface area contributed by atoms with Gasteiger partial charge < -0.3 is 14.2 Å². The van der Waals surface area contributed by atoms with Crippen molar-refractivity contribution in [3.8, 4) is 0 Å². The summed E-state index contributed by atoms with van der Waals surface area (Å²) in [5, 5.41) is 0. The van der Waals surface area contributed by atoms with E-state index in [0.717, 1.165) is 154 Å². The first-order valence-electron chi connectivity index (χ1n) is 28.7. The summed E-state index contributed by atoms with van der Waals surface area (Å²) >= 11 is 0. The lowest BCUT2D eigenvalue weighted by atomic mass is 10.1. The second-order valence-corrected chi connectivity index (χ2v) is 18.0. The summed E-state index contributed by atoms with van der Waals surface area (Å²) in [6.45, 7) is 7.28. The Balaban J connectivity index is 4.51. The fourth-order valence-corrected chi connectivity index (χ4v) is 7.10. The van der Waals surface area contributed by atoms with Crippen LogP contribution in [0.2, 0.25) is 0 Å². The molecule has 0 saturated carbocycles. The molecule has 0 spiro atoms. The zero-order valence-electron chi connectivity index (χ0n) is 46.1. The van der Waals surface area contributed by atoms with Gasteiger partial charge in [0.25, 0.3) is 0 Å². The predicted molar refractivity (Wildman–Crippen MR) is 315 cm³/mol. The largest absolute Gasteiger partial charge is 0.462 e. The summed E-state index contributed by atoms with van der Waals surface area (Å²) in [5.74, 6) is -0.491. The van der Waals surface area contributed by atoms with Crippen LogP contribution in [-0.4, -0.2) is 37.9 Å². The zero-order chi connectivity index (χ0) is 52.0. The van der Waals surface area contributed by atoms with E-state index in [1.165, 1.54) is 25.7 Å². The fraction of sp³-hybridized carbons (Fsp3) is 0.552. The van der Waals surface area contributed by atoms with E-state index in [0.29, 0.717) is 19.4 Å². The molecule has 0 aliphatic carbocycles. The van der Waals surface area contributed by atoms with Gasteiger partial charge in [0.15, 0.2) is 6.10 Å². The number of ether oxygens (including phenoxy) is 3. The fourth-order valence-electron chi connectivity index (χ4n) is 7.10. The molecule has 0 aliphatic heterocycles. The highest BCUT2D eigenvalue weighted by molar-refractivity contribution is 5.70. The molecule has 0 aromatic rings. The number of unbranched alkanes of at least 4 members (excludes halogenated alkanes) is 11. The van der Waals surface area contributed by atoms with Crippen molar-refractivity contribution in [1.82, 2.24) is 0 Å². The molecule has 1 atom stereocenters. The van der Waals surface area contributed by atoms with Gasteiger partial charge in [0, 0.05) is 19.4 Å². The van der Waals surface area contributed by atoms with E-state index in [-0.39, 0.29) is 25.2 Å². The average Bonchev–Trinajstić information content (AvgIpc) is 3.38. The third-order valence-electron chi connectivity index (χ3n) is 11.2. The van der Waals surface area contributed by atoms with Crippen LogP contribution in [0.15, 0.2) is 170 Å². The normalized spacial score (nSPS) is 13.5. The minimum atomic E-state index is -0.601. The molecule has 5 heteroatoms. The van der Waals surface area contributed by atoms with Crippen molar-refractivity contribution in [2.75, 3.05) is 19.8 Å². The van der Waals surface area contributed by atoms with Crippen LogP contribution in [0.25, 0.3) is 0 Å². The first-order valence-corrected chi connectivity index (χ1v) is 28.7. The lowest BCUT2D eigenvalue weighted by molar-refractivity contribution is -0.163. The van der Waals surface area contributed by atoms with Crippen molar-refractivity contribution in [3.05, 3.63) is 170 Å². The van der Waals surface area contributed by atoms with Gasteiger partial charge in [-0.15, -0.1) is 0 Å². The van der Waals surface area contributed by atoms with Gasteiger partial charge in [-0.25, -0.2) is 0 Å². The highest BCUT2D eigenvalue weighted by atomic mass is 16.6. The van der Waals surface area contributed by atoms with E-state index in [4.69, 9.17) is 14.2 Å². The van der Waals surface area contributed by atoms with Crippen LogP contribution in [0.4, 0.5) is 0 Å². The molecule has 0 aliphatic rings. The zero-order valence-corrected chi connectivity index (χ0v) is 46.1. The number of esters is 2. The SMILES string of the molecule is CC/C=C\C/C=C\C/C=C\C/C=C\C/C=C\C/C=C\CCCOCC(COC(=O)CCCCC/C=C\C/C=C\C/C=C\C/C=C\C/C=C\CC)OC(=O)CCCCCCCCC/C=C\C/C=C\C/C=C\CC. The van der Waals surface area contributed by atoms with Crippen LogP contribution in [-0.2, 0) is 23.8 Å². The molecule has 402 valence electrons. The van der Waals surface area contributed by atoms with E-state index < -0.39 is 6.10 Å². The monoisotopic (exact) mass is 989 g/mol. The molecular weight excluding hydrogens is 885 g/mol. The maximum Gasteiger partial charge on any atom is 0.306 e. The molecule has 0 rings (SSSR count). The van der Waals surface area contributed by atoms with Gasteiger partial charge >= 0.3 is 11.9 Å². The standard InChI is InChI=1S/C67H104O5/c1-4-7-10-13-16-19-22-25-28-31-33-35-38-41-44-47-50-53-56-59-62-70-63-65(72-67(69)61-58-55-52-49-46-43-40-36-30-27-24-21-18-15-12-9-6-3)64-71-66(68)60-57-54-51-48-45-42-39-37-34-32-29-26-23-20-17-14-11-8-5-2/h7-12,16-21,25-30,33-35,37,41-42,44-45,50,53,65H,4-6,13-15,22-24,31-32,36,38-40,43,46-49,51-52,54-64H2,1-3H3/b10-7-,11-8-,12-9-,19-16-,20-17-,21-18-,28-25-,29-26-,30-27-,35-33-,37-34-,44-41-,45-42-,53-50-. The Morgan fingerprint density at radius 3 is 0.944 bits per heavy atom. The Morgan fingerprint density at radius 1 is 0.306 bits per heavy atom. The van der Waals surface area contributed by atoms with E-state index in [1.54, 1.807) is 0 Å². The van der Waals surface area contributed by atoms with E-state index in [9.17, 15) is 9.59 Å². The molecule has 0 N–H and O–H groups in total. The van der Waals surface area contributed by atoms with Crippen molar-refractivity contribution in [2.45, 2.75) is 219 Å². The molecule has 1 unspecified atom stereocenters. The second-order valence-electron chi connectivity index (χ2n) is 18.0. The van der Waals surface area contributed by atoms with Gasteiger partial charge in [-0.1, -0.05) is 229 Å². The molecule has 0 aromatic carbocycles. The summed E-state index contributed by atoms with van der Waals surface area (Å²) < 4.78 is 17.4. The maximum atomic E-state index is 12.9.